The molecule has 0 spiro atoms. The molecular formula is C43H30N4. The van der Waals surface area contributed by atoms with Crippen LogP contribution in [0.25, 0.3) is 77.8 Å². The van der Waals surface area contributed by atoms with Gasteiger partial charge in [0.1, 0.15) is 11.6 Å². The molecule has 222 valence electrons. The van der Waals surface area contributed by atoms with Crippen LogP contribution in [0.5, 0.6) is 0 Å². The Bertz CT molecular complexity index is 2660. The zero-order valence-electron chi connectivity index (χ0n) is 26.1. The minimum Gasteiger partial charge on any atom is -0.294 e. The maximum Gasteiger partial charge on any atom is 0.163 e. The van der Waals surface area contributed by atoms with Gasteiger partial charge in [-0.15, -0.1) is 0 Å². The molecule has 0 saturated heterocycles. The molecule has 0 saturated carbocycles. The van der Waals surface area contributed by atoms with E-state index in [2.05, 4.69) is 163 Å². The Hall–Kier alpha value is -6.00. The summed E-state index contributed by atoms with van der Waals surface area (Å²) in [5.41, 5.74) is 10.8. The SMILES string of the molecule is CC1(C)c2ccccc2-c2ccc3c(c21)c1ccccc1n3-c1cc(-n2c3ccccc3c3ccccc32)nc(-c2ccccc2)n1. The van der Waals surface area contributed by atoms with Gasteiger partial charge in [0, 0.05) is 38.6 Å². The zero-order chi connectivity index (χ0) is 31.3. The van der Waals surface area contributed by atoms with Crippen LogP contribution in [0.1, 0.15) is 25.0 Å². The van der Waals surface area contributed by atoms with E-state index in [9.17, 15) is 0 Å². The predicted molar refractivity (Wildman–Crippen MR) is 194 cm³/mol. The van der Waals surface area contributed by atoms with Crippen molar-refractivity contribution in [2.24, 2.45) is 0 Å². The second-order valence-corrected chi connectivity index (χ2v) is 13.0. The summed E-state index contributed by atoms with van der Waals surface area (Å²) in [6, 6.07) is 51.9. The monoisotopic (exact) mass is 602 g/mol. The van der Waals surface area contributed by atoms with E-state index in [4.69, 9.17) is 9.97 Å². The topological polar surface area (TPSA) is 35.6 Å². The number of benzene rings is 6. The number of aromatic nitrogens is 4. The summed E-state index contributed by atoms with van der Waals surface area (Å²) in [5.74, 6) is 2.38. The van der Waals surface area contributed by atoms with Crippen LogP contribution in [0.4, 0.5) is 0 Å². The third kappa shape index (κ3) is 3.58. The lowest BCUT2D eigenvalue weighted by atomic mass is 9.80. The second kappa shape index (κ2) is 9.51. The third-order valence-electron chi connectivity index (χ3n) is 10.1. The number of para-hydroxylation sites is 3. The molecule has 1 aliphatic carbocycles. The molecule has 3 aromatic heterocycles. The van der Waals surface area contributed by atoms with Crippen molar-refractivity contribution in [3.63, 3.8) is 0 Å². The Morgan fingerprint density at radius 1 is 0.468 bits per heavy atom. The molecule has 9 aromatic rings. The summed E-state index contributed by atoms with van der Waals surface area (Å²) in [7, 11) is 0. The minimum absolute atomic E-state index is 0.143. The molecule has 0 bridgehead atoms. The number of hydrogen-bond acceptors (Lipinski definition) is 2. The summed E-state index contributed by atoms with van der Waals surface area (Å²) in [5, 5.41) is 4.94. The second-order valence-electron chi connectivity index (χ2n) is 13.0. The Balaban J connectivity index is 1.33. The molecule has 4 nitrogen and oxygen atoms in total. The van der Waals surface area contributed by atoms with Gasteiger partial charge in [-0.3, -0.25) is 9.13 Å². The normalized spacial score (nSPS) is 13.5. The van der Waals surface area contributed by atoms with E-state index in [0.717, 1.165) is 39.3 Å². The lowest BCUT2D eigenvalue weighted by Gasteiger charge is -2.22. The number of rotatable bonds is 3. The van der Waals surface area contributed by atoms with Crippen molar-refractivity contribution in [1.29, 1.82) is 0 Å². The predicted octanol–water partition coefficient (Wildman–Crippen LogP) is 10.6. The Labute approximate surface area is 272 Å². The van der Waals surface area contributed by atoms with Crippen LogP contribution in [-0.2, 0) is 5.41 Å². The minimum atomic E-state index is -0.143. The lowest BCUT2D eigenvalue weighted by Crippen LogP contribution is -2.15. The first-order valence-electron chi connectivity index (χ1n) is 16.2. The summed E-state index contributed by atoms with van der Waals surface area (Å²) >= 11 is 0. The molecule has 3 heterocycles. The van der Waals surface area contributed by atoms with Crippen molar-refractivity contribution in [1.82, 2.24) is 19.1 Å². The summed E-state index contributed by atoms with van der Waals surface area (Å²) < 4.78 is 4.63. The molecule has 4 heteroatoms. The fraction of sp³-hybridized carbons (Fsp3) is 0.0698. The van der Waals surface area contributed by atoms with Gasteiger partial charge in [-0.1, -0.05) is 129 Å². The molecule has 0 N–H and O–H groups in total. The average molecular weight is 603 g/mol. The van der Waals surface area contributed by atoms with E-state index in [1.165, 1.54) is 43.8 Å². The molecular weight excluding hydrogens is 573 g/mol. The zero-order valence-corrected chi connectivity index (χ0v) is 26.1. The van der Waals surface area contributed by atoms with Crippen LogP contribution in [0.15, 0.2) is 146 Å². The molecule has 0 amide bonds. The number of nitrogens with zero attached hydrogens (tertiary/aromatic N) is 4. The molecule has 0 radical (unpaired) electrons. The first-order valence-corrected chi connectivity index (χ1v) is 16.2. The summed E-state index contributed by atoms with van der Waals surface area (Å²) in [6.07, 6.45) is 0. The first-order chi connectivity index (χ1) is 23.1. The highest BCUT2D eigenvalue weighted by Gasteiger charge is 2.38. The molecule has 10 rings (SSSR count). The number of hydrogen-bond donors (Lipinski definition) is 0. The van der Waals surface area contributed by atoms with Crippen molar-refractivity contribution < 1.29 is 0 Å². The van der Waals surface area contributed by atoms with E-state index in [-0.39, 0.29) is 5.41 Å². The van der Waals surface area contributed by atoms with Crippen molar-refractivity contribution in [3.8, 4) is 34.2 Å². The fourth-order valence-corrected chi connectivity index (χ4v) is 8.12. The first kappa shape index (κ1) is 26.2. The highest BCUT2D eigenvalue weighted by molar-refractivity contribution is 6.14. The van der Waals surface area contributed by atoms with Gasteiger partial charge in [0.05, 0.1) is 22.1 Å². The molecule has 1 aliphatic rings. The van der Waals surface area contributed by atoms with E-state index >= 15 is 0 Å². The molecule has 0 fully saturated rings. The van der Waals surface area contributed by atoms with Crippen molar-refractivity contribution in [3.05, 3.63) is 157 Å². The van der Waals surface area contributed by atoms with Crippen molar-refractivity contribution in [2.75, 3.05) is 0 Å². The van der Waals surface area contributed by atoms with E-state index < -0.39 is 0 Å². The maximum absolute atomic E-state index is 5.32. The van der Waals surface area contributed by atoms with Gasteiger partial charge < -0.3 is 0 Å². The Morgan fingerprint density at radius 3 is 1.68 bits per heavy atom. The van der Waals surface area contributed by atoms with Crippen molar-refractivity contribution in [2.45, 2.75) is 19.3 Å². The molecule has 0 unspecified atom stereocenters. The number of fused-ring (bicyclic) bond motifs is 10. The standard InChI is InChI=1S/C43H30N4/c1-43(2)33-20-10-6-16-28(33)31-24-25-37-40(41(31)43)32-19-9-13-23-36(32)47(37)39-26-38(44-42(45-39)27-14-4-3-5-15-27)46-34-21-11-7-17-29(34)30-18-8-12-22-35(30)46/h3-26H,1-2H3. The molecule has 0 atom stereocenters. The van der Waals surface area contributed by atoms with E-state index in [1.54, 1.807) is 0 Å². The lowest BCUT2D eigenvalue weighted by molar-refractivity contribution is 0.666. The molecule has 47 heavy (non-hydrogen) atoms. The van der Waals surface area contributed by atoms with Gasteiger partial charge in [0.25, 0.3) is 0 Å². The van der Waals surface area contributed by atoms with Gasteiger partial charge >= 0.3 is 0 Å². The average Bonchev–Trinajstić information content (AvgIpc) is 3.72. The van der Waals surface area contributed by atoms with Gasteiger partial charge in [-0.25, -0.2) is 9.97 Å². The smallest absolute Gasteiger partial charge is 0.163 e. The molecule has 0 aliphatic heterocycles. The Morgan fingerprint density at radius 2 is 1.00 bits per heavy atom. The van der Waals surface area contributed by atoms with Crippen LogP contribution in [0.3, 0.4) is 0 Å². The van der Waals surface area contributed by atoms with Crippen LogP contribution >= 0.6 is 0 Å². The largest absolute Gasteiger partial charge is 0.294 e. The highest BCUT2D eigenvalue weighted by atomic mass is 15.1. The maximum atomic E-state index is 5.32. The van der Waals surface area contributed by atoms with Crippen LogP contribution < -0.4 is 0 Å². The summed E-state index contributed by atoms with van der Waals surface area (Å²) in [6.45, 7) is 4.73. The van der Waals surface area contributed by atoms with Crippen LogP contribution in [0.2, 0.25) is 0 Å². The fourth-order valence-electron chi connectivity index (χ4n) is 8.12. The molecule has 6 aromatic carbocycles. The van der Waals surface area contributed by atoms with Crippen LogP contribution in [-0.4, -0.2) is 19.1 Å². The summed E-state index contributed by atoms with van der Waals surface area (Å²) in [4.78, 5) is 10.6. The van der Waals surface area contributed by atoms with Gasteiger partial charge in [0.15, 0.2) is 5.82 Å². The van der Waals surface area contributed by atoms with E-state index in [0.29, 0.717) is 5.82 Å². The van der Waals surface area contributed by atoms with Crippen LogP contribution in [0, 0.1) is 0 Å². The van der Waals surface area contributed by atoms with Gasteiger partial charge in [-0.05, 0) is 46.5 Å². The highest BCUT2D eigenvalue weighted by Crippen LogP contribution is 2.53. The van der Waals surface area contributed by atoms with E-state index in [1.807, 2.05) is 6.07 Å². The Kier molecular flexibility index (Phi) is 5.31. The quantitative estimate of drug-likeness (QED) is 0.202. The van der Waals surface area contributed by atoms with Gasteiger partial charge in [0.2, 0.25) is 0 Å². The van der Waals surface area contributed by atoms with Gasteiger partial charge in [-0.2, -0.15) is 0 Å². The van der Waals surface area contributed by atoms with Crippen molar-refractivity contribution >= 4 is 43.6 Å². The third-order valence-corrected chi connectivity index (χ3v) is 10.1.